The predicted octanol–water partition coefficient (Wildman–Crippen LogP) is 8.81. The number of fused-ring (bicyclic) bond motifs is 6. The molecule has 0 saturated heterocycles. The van der Waals surface area contributed by atoms with Crippen molar-refractivity contribution in [2.45, 2.75) is 26.0 Å². The van der Waals surface area contributed by atoms with Gasteiger partial charge in [0.05, 0.1) is 0 Å². The maximum atomic E-state index is 2.38. The second kappa shape index (κ2) is 9.15. The van der Waals surface area contributed by atoms with Gasteiger partial charge in [-0.1, -0.05) is 91.9 Å². The van der Waals surface area contributed by atoms with Crippen LogP contribution < -0.4 is 0 Å². The van der Waals surface area contributed by atoms with Crippen LogP contribution in [0.5, 0.6) is 0 Å². The van der Waals surface area contributed by atoms with Crippen molar-refractivity contribution in [2.75, 3.05) is 0 Å². The van der Waals surface area contributed by atoms with Crippen LogP contribution in [0.4, 0.5) is 0 Å². The summed E-state index contributed by atoms with van der Waals surface area (Å²) in [5, 5.41) is 8.02. The highest BCUT2D eigenvalue weighted by Crippen LogP contribution is 2.36. The van der Waals surface area contributed by atoms with Crippen molar-refractivity contribution in [1.29, 1.82) is 0 Å². The van der Waals surface area contributed by atoms with Crippen LogP contribution in [0.15, 0.2) is 102 Å². The van der Waals surface area contributed by atoms with Crippen LogP contribution in [-0.4, -0.2) is 0 Å². The molecule has 0 aliphatic heterocycles. The third kappa shape index (κ3) is 4.16. The average Bonchev–Trinajstić information content (AvgIpc) is 2.78. The van der Waals surface area contributed by atoms with Crippen LogP contribution in [0.2, 0.25) is 0 Å². The Morgan fingerprint density at radius 3 is 1.93 bits per heavy atom. The third-order valence-electron chi connectivity index (χ3n) is 5.24. The van der Waals surface area contributed by atoms with E-state index in [-0.39, 0.29) is 0 Å². The lowest BCUT2D eigenvalue weighted by molar-refractivity contribution is 1.22. The van der Waals surface area contributed by atoms with Gasteiger partial charge in [-0.15, -0.1) is 11.8 Å². The molecule has 4 rings (SSSR count). The van der Waals surface area contributed by atoms with Gasteiger partial charge >= 0.3 is 0 Å². The van der Waals surface area contributed by atoms with Gasteiger partial charge in [-0.05, 0) is 63.4 Å². The van der Waals surface area contributed by atoms with Crippen molar-refractivity contribution in [2.24, 2.45) is 0 Å². The van der Waals surface area contributed by atoms with E-state index < -0.39 is 0 Å². The summed E-state index contributed by atoms with van der Waals surface area (Å²) in [5.74, 6) is 0.971. The summed E-state index contributed by atoms with van der Waals surface area (Å²) in [7, 11) is 0. The van der Waals surface area contributed by atoms with Gasteiger partial charge in [0, 0.05) is 10.7 Å². The van der Waals surface area contributed by atoms with Crippen molar-refractivity contribution >= 4 is 44.1 Å². The predicted molar refractivity (Wildman–Crippen MR) is 133 cm³/mol. The molecule has 0 aliphatic carbocycles. The zero-order chi connectivity index (χ0) is 20.1. The van der Waals surface area contributed by atoms with E-state index in [0.717, 1.165) is 12.2 Å². The van der Waals surface area contributed by atoms with Crippen LogP contribution in [0.3, 0.4) is 0 Å². The van der Waals surface area contributed by atoms with E-state index in [1.54, 1.807) is 0 Å². The molecular formula is C28H26S. The first kappa shape index (κ1) is 19.5. The van der Waals surface area contributed by atoms with E-state index in [1.165, 1.54) is 42.8 Å². The zero-order valence-electron chi connectivity index (χ0n) is 17.1. The Bertz CT molecular complexity index is 1210. The van der Waals surface area contributed by atoms with E-state index in [1.807, 2.05) is 11.8 Å². The maximum absolute atomic E-state index is 2.38. The van der Waals surface area contributed by atoms with E-state index in [2.05, 4.69) is 111 Å². The van der Waals surface area contributed by atoms with Crippen LogP contribution in [0.25, 0.3) is 32.3 Å². The maximum Gasteiger partial charge on any atom is 0.0232 e. The molecule has 0 heterocycles. The number of hydrogen-bond donors (Lipinski definition) is 0. The number of rotatable bonds is 6. The molecule has 0 atom stereocenters. The summed E-state index contributed by atoms with van der Waals surface area (Å²) >= 11 is 1.89. The summed E-state index contributed by atoms with van der Waals surface area (Å²) in [6.07, 6.45) is 11.9. The van der Waals surface area contributed by atoms with Gasteiger partial charge in [0.25, 0.3) is 0 Å². The smallest absolute Gasteiger partial charge is 0.0232 e. The highest BCUT2D eigenvalue weighted by Gasteiger charge is 2.08. The summed E-state index contributed by atoms with van der Waals surface area (Å²) in [6, 6.07) is 24.5. The van der Waals surface area contributed by atoms with Gasteiger partial charge in [0.1, 0.15) is 0 Å². The number of thioether (sulfide) groups is 1. The van der Waals surface area contributed by atoms with Crippen molar-refractivity contribution < 1.29 is 0 Å². The minimum atomic E-state index is 0.971. The first-order valence-electron chi connectivity index (χ1n) is 10.3. The molecule has 0 bridgehead atoms. The van der Waals surface area contributed by atoms with Crippen molar-refractivity contribution in [3.05, 3.63) is 108 Å². The summed E-state index contributed by atoms with van der Waals surface area (Å²) < 4.78 is 0. The van der Waals surface area contributed by atoms with Crippen LogP contribution >= 0.6 is 11.8 Å². The normalized spacial score (nSPS) is 12.8. The van der Waals surface area contributed by atoms with Gasteiger partial charge in [0.15, 0.2) is 0 Å². The molecule has 0 saturated carbocycles. The molecule has 4 aromatic carbocycles. The Hall–Kier alpha value is -2.77. The number of allylic oxidation sites excluding steroid dienone is 5. The largest absolute Gasteiger partial charge is 0.122 e. The van der Waals surface area contributed by atoms with Gasteiger partial charge in [-0.25, -0.2) is 0 Å². The van der Waals surface area contributed by atoms with Gasteiger partial charge in [0.2, 0.25) is 0 Å². The molecule has 29 heavy (non-hydrogen) atoms. The molecule has 0 aliphatic rings. The molecule has 1 heteroatoms. The van der Waals surface area contributed by atoms with E-state index >= 15 is 0 Å². The minimum Gasteiger partial charge on any atom is -0.122 e. The van der Waals surface area contributed by atoms with Crippen LogP contribution in [0.1, 0.15) is 25.8 Å². The molecule has 0 amide bonds. The Morgan fingerprint density at radius 2 is 1.34 bits per heavy atom. The topological polar surface area (TPSA) is 0 Å². The molecule has 0 aromatic heterocycles. The van der Waals surface area contributed by atoms with E-state index in [0.29, 0.717) is 0 Å². The van der Waals surface area contributed by atoms with Crippen molar-refractivity contribution in [3.63, 3.8) is 0 Å². The van der Waals surface area contributed by atoms with Gasteiger partial charge in [-0.2, -0.15) is 0 Å². The lowest BCUT2D eigenvalue weighted by Gasteiger charge is -2.12. The molecule has 0 unspecified atom stereocenters. The number of benzene rings is 4. The van der Waals surface area contributed by atoms with Crippen LogP contribution in [0, 0.1) is 0 Å². The van der Waals surface area contributed by atoms with Crippen molar-refractivity contribution in [3.8, 4) is 0 Å². The lowest BCUT2D eigenvalue weighted by Crippen LogP contribution is -1.86. The fraction of sp³-hybridized carbons (Fsp3) is 0.143. The quantitative estimate of drug-likeness (QED) is 0.232. The molecule has 4 aromatic rings. The molecular weight excluding hydrogens is 368 g/mol. The molecule has 0 nitrogen and oxygen atoms in total. The molecule has 0 N–H and O–H groups in total. The average molecular weight is 395 g/mol. The lowest BCUT2D eigenvalue weighted by atomic mass is 9.93. The van der Waals surface area contributed by atoms with Gasteiger partial charge in [-0.3, -0.25) is 0 Å². The first-order valence-corrected chi connectivity index (χ1v) is 11.2. The second-order valence-electron chi connectivity index (χ2n) is 7.15. The Balaban J connectivity index is 1.71. The highest BCUT2D eigenvalue weighted by atomic mass is 32.2. The van der Waals surface area contributed by atoms with E-state index in [9.17, 15) is 0 Å². The number of hydrogen-bond acceptors (Lipinski definition) is 1. The standard InChI is InChI=1S/C28H26S/c1-3-5-6-7-12-22(4-2)29-20-21-17-18-27-25-15-9-8-13-23(25)24-14-10-11-16-26(24)28(27)19-21/h4-19H,3,20H2,1-2H3/b6-5-,12-7-,22-4-. The van der Waals surface area contributed by atoms with Gasteiger partial charge < -0.3 is 0 Å². The summed E-state index contributed by atoms with van der Waals surface area (Å²) in [4.78, 5) is 1.30. The minimum absolute atomic E-state index is 0.971. The highest BCUT2D eigenvalue weighted by molar-refractivity contribution is 8.02. The summed E-state index contributed by atoms with van der Waals surface area (Å²) in [6.45, 7) is 4.26. The molecule has 0 spiro atoms. The molecule has 144 valence electrons. The SMILES string of the molecule is C/C=C(/C=C\C=C/CC)SCc1ccc2c3ccccc3c3ccccc3c2c1. The molecule has 0 fully saturated rings. The fourth-order valence-corrected chi connectivity index (χ4v) is 4.66. The Morgan fingerprint density at radius 1 is 0.759 bits per heavy atom. The third-order valence-corrected chi connectivity index (χ3v) is 6.42. The zero-order valence-corrected chi connectivity index (χ0v) is 17.9. The van der Waals surface area contributed by atoms with Crippen molar-refractivity contribution in [1.82, 2.24) is 0 Å². The Kier molecular flexibility index (Phi) is 6.17. The first-order chi connectivity index (χ1) is 14.3. The monoisotopic (exact) mass is 394 g/mol. The van der Waals surface area contributed by atoms with E-state index in [4.69, 9.17) is 0 Å². The second-order valence-corrected chi connectivity index (χ2v) is 8.20. The van der Waals surface area contributed by atoms with Crippen LogP contribution in [-0.2, 0) is 5.75 Å². The summed E-state index contributed by atoms with van der Waals surface area (Å²) in [5.41, 5.74) is 1.36. The fourth-order valence-electron chi connectivity index (χ4n) is 3.80. The molecule has 0 radical (unpaired) electrons. The Labute approximate surface area is 177 Å².